The number of aliphatic hydroxyl groups is 1. The molecule has 0 spiro atoms. The van der Waals surface area contributed by atoms with Gasteiger partial charge in [-0.05, 0) is 18.3 Å². The lowest BCUT2D eigenvalue weighted by atomic mass is 10.3. The summed E-state index contributed by atoms with van der Waals surface area (Å²) in [5.41, 5.74) is 0. The molecule has 1 aliphatic heterocycles. The molecule has 1 aliphatic carbocycles. The second-order valence-corrected chi connectivity index (χ2v) is 4.55. The molecule has 0 aromatic rings. The van der Waals surface area contributed by atoms with Gasteiger partial charge in [0.05, 0.1) is 12.6 Å². The minimum Gasteiger partial charge on any atom is -0.389 e. The molecule has 14 heavy (non-hydrogen) atoms. The van der Waals surface area contributed by atoms with Gasteiger partial charge < -0.3 is 15.3 Å². The maximum absolute atomic E-state index is 9.26. The number of guanidine groups is 1. The van der Waals surface area contributed by atoms with Gasteiger partial charge in [0.1, 0.15) is 0 Å². The minimum absolute atomic E-state index is 0.313. The van der Waals surface area contributed by atoms with Crippen molar-refractivity contribution in [1.29, 1.82) is 0 Å². The molecule has 1 saturated carbocycles. The van der Waals surface area contributed by atoms with Gasteiger partial charge in [-0.15, -0.1) is 0 Å². The molecule has 3 unspecified atom stereocenters. The average Bonchev–Trinajstić information content (AvgIpc) is 2.82. The third-order valence-electron chi connectivity index (χ3n) is 3.09. The highest BCUT2D eigenvalue weighted by atomic mass is 16.3. The predicted molar refractivity (Wildman–Crippen MR) is 56.2 cm³/mol. The monoisotopic (exact) mass is 197 g/mol. The van der Waals surface area contributed by atoms with Crippen LogP contribution in [0, 0.1) is 11.8 Å². The van der Waals surface area contributed by atoms with Crippen molar-refractivity contribution in [2.75, 3.05) is 26.7 Å². The lowest BCUT2D eigenvalue weighted by Crippen LogP contribution is -2.47. The van der Waals surface area contributed by atoms with Gasteiger partial charge in [-0.3, -0.25) is 4.99 Å². The van der Waals surface area contributed by atoms with Crippen molar-refractivity contribution in [3.8, 4) is 0 Å². The van der Waals surface area contributed by atoms with Gasteiger partial charge in [0, 0.05) is 20.1 Å². The summed E-state index contributed by atoms with van der Waals surface area (Å²) in [5, 5.41) is 12.4. The third-order valence-corrected chi connectivity index (χ3v) is 3.09. The molecule has 0 aromatic carbocycles. The molecule has 3 atom stereocenters. The summed E-state index contributed by atoms with van der Waals surface area (Å²) in [7, 11) is 2.06. The Morgan fingerprint density at radius 2 is 2.36 bits per heavy atom. The van der Waals surface area contributed by atoms with E-state index in [4.69, 9.17) is 0 Å². The quantitative estimate of drug-likeness (QED) is 0.649. The van der Waals surface area contributed by atoms with Gasteiger partial charge in [0.2, 0.25) is 0 Å². The van der Waals surface area contributed by atoms with E-state index in [9.17, 15) is 5.11 Å². The van der Waals surface area contributed by atoms with Crippen molar-refractivity contribution in [2.45, 2.75) is 19.4 Å². The SMILES string of the molecule is CC1CC1CN(C)C1=NCC(O)CN1. The number of hydrogen-bond donors (Lipinski definition) is 2. The second-order valence-electron chi connectivity index (χ2n) is 4.55. The molecule has 0 amide bonds. The highest BCUT2D eigenvalue weighted by Crippen LogP contribution is 2.37. The fraction of sp³-hybridized carbons (Fsp3) is 0.900. The Labute approximate surface area is 85.0 Å². The second kappa shape index (κ2) is 3.77. The number of aliphatic imine (C=N–C) groups is 1. The number of nitrogens with one attached hydrogen (secondary N) is 1. The Hall–Kier alpha value is -0.770. The molecule has 2 rings (SSSR count). The molecular weight excluding hydrogens is 178 g/mol. The summed E-state index contributed by atoms with van der Waals surface area (Å²) >= 11 is 0. The van der Waals surface area contributed by atoms with E-state index >= 15 is 0 Å². The lowest BCUT2D eigenvalue weighted by molar-refractivity contribution is 0.178. The van der Waals surface area contributed by atoms with Crippen LogP contribution < -0.4 is 5.32 Å². The molecule has 0 radical (unpaired) electrons. The first-order chi connectivity index (χ1) is 6.66. The first-order valence-electron chi connectivity index (χ1n) is 5.34. The first-order valence-corrected chi connectivity index (χ1v) is 5.34. The summed E-state index contributed by atoms with van der Waals surface area (Å²) in [6, 6.07) is 0. The van der Waals surface area contributed by atoms with E-state index in [1.54, 1.807) is 0 Å². The van der Waals surface area contributed by atoms with Crippen molar-refractivity contribution in [3.05, 3.63) is 0 Å². The molecule has 0 bridgehead atoms. The van der Waals surface area contributed by atoms with Gasteiger partial charge in [0.25, 0.3) is 0 Å². The van der Waals surface area contributed by atoms with E-state index in [0.29, 0.717) is 13.1 Å². The maximum atomic E-state index is 9.26. The Morgan fingerprint density at radius 3 is 2.86 bits per heavy atom. The molecular formula is C10H19N3O. The van der Waals surface area contributed by atoms with Crippen LogP contribution in [-0.4, -0.2) is 48.8 Å². The molecule has 80 valence electrons. The van der Waals surface area contributed by atoms with Crippen molar-refractivity contribution < 1.29 is 5.11 Å². The largest absolute Gasteiger partial charge is 0.389 e. The zero-order chi connectivity index (χ0) is 10.1. The summed E-state index contributed by atoms with van der Waals surface area (Å²) < 4.78 is 0. The normalized spacial score (nSPS) is 35.9. The van der Waals surface area contributed by atoms with Gasteiger partial charge in [-0.1, -0.05) is 6.92 Å². The standard InChI is InChI=1S/C10H19N3O/c1-7-3-8(7)6-13(2)10-11-4-9(14)5-12-10/h7-9,14H,3-6H2,1-2H3,(H,11,12). The minimum atomic E-state index is -0.313. The maximum Gasteiger partial charge on any atom is 0.193 e. The van der Waals surface area contributed by atoms with Crippen LogP contribution >= 0.6 is 0 Å². The number of aliphatic hydroxyl groups excluding tert-OH is 1. The highest BCUT2D eigenvalue weighted by molar-refractivity contribution is 5.80. The summed E-state index contributed by atoms with van der Waals surface area (Å²) in [5.74, 6) is 2.66. The van der Waals surface area contributed by atoms with Crippen LogP contribution in [0.5, 0.6) is 0 Å². The van der Waals surface area contributed by atoms with Gasteiger partial charge >= 0.3 is 0 Å². The number of β-amino-alcohol motifs (C(OH)–C–C–N with tert-alkyl or cyclic N) is 1. The molecule has 1 heterocycles. The van der Waals surface area contributed by atoms with Gasteiger partial charge in [0.15, 0.2) is 5.96 Å². The summed E-state index contributed by atoms with van der Waals surface area (Å²) in [4.78, 5) is 6.46. The van der Waals surface area contributed by atoms with Gasteiger partial charge in [-0.2, -0.15) is 0 Å². The number of hydrogen-bond acceptors (Lipinski definition) is 4. The van der Waals surface area contributed by atoms with Crippen molar-refractivity contribution in [1.82, 2.24) is 10.2 Å². The van der Waals surface area contributed by atoms with E-state index in [2.05, 4.69) is 29.2 Å². The Bertz CT molecular complexity index is 242. The number of rotatable bonds is 2. The van der Waals surface area contributed by atoms with Crippen LogP contribution in [0.15, 0.2) is 4.99 Å². The molecule has 4 nitrogen and oxygen atoms in total. The van der Waals surface area contributed by atoms with Crippen LogP contribution in [0.2, 0.25) is 0 Å². The zero-order valence-electron chi connectivity index (χ0n) is 8.90. The van der Waals surface area contributed by atoms with E-state index < -0.39 is 0 Å². The Balaban J connectivity index is 1.82. The van der Waals surface area contributed by atoms with Crippen LogP contribution in [0.25, 0.3) is 0 Å². The summed E-state index contributed by atoms with van der Waals surface area (Å²) in [6.07, 6.45) is 1.03. The predicted octanol–water partition coefficient (Wildman–Crippen LogP) is -0.106. The smallest absolute Gasteiger partial charge is 0.193 e. The van der Waals surface area contributed by atoms with E-state index in [1.165, 1.54) is 6.42 Å². The first kappa shape index (κ1) is 9.77. The van der Waals surface area contributed by atoms with E-state index in [1.807, 2.05) is 0 Å². The zero-order valence-corrected chi connectivity index (χ0v) is 8.90. The molecule has 4 heteroatoms. The molecule has 2 aliphatic rings. The van der Waals surface area contributed by atoms with Crippen LogP contribution in [-0.2, 0) is 0 Å². The molecule has 1 fully saturated rings. The van der Waals surface area contributed by atoms with Crippen molar-refractivity contribution >= 4 is 5.96 Å². The Kier molecular flexibility index (Phi) is 2.63. The molecule has 0 aromatic heterocycles. The Morgan fingerprint density at radius 1 is 1.64 bits per heavy atom. The van der Waals surface area contributed by atoms with E-state index in [0.717, 1.165) is 24.3 Å². The van der Waals surface area contributed by atoms with Crippen LogP contribution in [0.4, 0.5) is 0 Å². The van der Waals surface area contributed by atoms with E-state index in [-0.39, 0.29) is 6.10 Å². The fourth-order valence-corrected chi connectivity index (χ4v) is 1.87. The average molecular weight is 197 g/mol. The topological polar surface area (TPSA) is 47.9 Å². The lowest BCUT2D eigenvalue weighted by Gasteiger charge is -2.26. The van der Waals surface area contributed by atoms with Crippen molar-refractivity contribution in [3.63, 3.8) is 0 Å². The fourth-order valence-electron chi connectivity index (χ4n) is 1.87. The summed E-state index contributed by atoms with van der Waals surface area (Å²) in [6.45, 7) is 4.54. The van der Waals surface area contributed by atoms with Gasteiger partial charge in [-0.25, -0.2) is 0 Å². The van der Waals surface area contributed by atoms with Crippen LogP contribution in [0.3, 0.4) is 0 Å². The molecule has 0 saturated heterocycles. The van der Waals surface area contributed by atoms with Crippen molar-refractivity contribution in [2.24, 2.45) is 16.8 Å². The molecule has 2 N–H and O–H groups in total. The van der Waals surface area contributed by atoms with Crippen LogP contribution in [0.1, 0.15) is 13.3 Å². The number of nitrogens with zero attached hydrogens (tertiary/aromatic N) is 2. The highest BCUT2D eigenvalue weighted by Gasteiger charge is 2.34. The third kappa shape index (κ3) is 2.18.